The summed E-state index contributed by atoms with van der Waals surface area (Å²) in [5, 5.41) is 0. The van der Waals surface area contributed by atoms with Crippen LogP contribution < -0.4 is 5.73 Å². The minimum atomic E-state index is -3.46. The lowest BCUT2D eigenvalue weighted by atomic mass is 10.2. The SMILES string of the molecule is Cc1ccc(S(=O)(=O)N(C)C2CCCC2)c(N)c1. The molecule has 1 aliphatic carbocycles. The number of benzene rings is 1. The van der Waals surface area contributed by atoms with E-state index in [4.69, 9.17) is 5.73 Å². The molecule has 4 nitrogen and oxygen atoms in total. The molecule has 0 aromatic heterocycles. The van der Waals surface area contributed by atoms with Crippen LogP contribution >= 0.6 is 0 Å². The monoisotopic (exact) mass is 268 g/mol. The summed E-state index contributed by atoms with van der Waals surface area (Å²) in [4.78, 5) is 0.225. The van der Waals surface area contributed by atoms with Crippen molar-refractivity contribution in [2.75, 3.05) is 12.8 Å². The van der Waals surface area contributed by atoms with Crippen molar-refractivity contribution >= 4 is 15.7 Å². The Morgan fingerprint density at radius 3 is 2.44 bits per heavy atom. The molecular formula is C13H20N2O2S. The van der Waals surface area contributed by atoms with E-state index in [-0.39, 0.29) is 10.9 Å². The first kappa shape index (κ1) is 13.4. The molecule has 2 N–H and O–H groups in total. The summed E-state index contributed by atoms with van der Waals surface area (Å²) in [6.45, 7) is 1.90. The van der Waals surface area contributed by atoms with Crippen molar-refractivity contribution < 1.29 is 8.42 Å². The van der Waals surface area contributed by atoms with Crippen LogP contribution in [0.2, 0.25) is 0 Å². The molecule has 0 heterocycles. The fourth-order valence-electron chi connectivity index (χ4n) is 2.52. The highest BCUT2D eigenvalue weighted by atomic mass is 32.2. The van der Waals surface area contributed by atoms with Crippen molar-refractivity contribution in [2.45, 2.75) is 43.5 Å². The van der Waals surface area contributed by atoms with E-state index in [2.05, 4.69) is 0 Å². The Labute approximate surface area is 109 Å². The van der Waals surface area contributed by atoms with Gasteiger partial charge in [0.25, 0.3) is 0 Å². The standard InChI is InChI=1S/C13H20N2O2S/c1-10-7-8-13(12(14)9-10)18(16,17)15(2)11-5-3-4-6-11/h7-9,11H,3-6,14H2,1-2H3. The molecule has 0 saturated heterocycles. The van der Waals surface area contributed by atoms with Gasteiger partial charge in [-0.1, -0.05) is 18.9 Å². The Hall–Kier alpha value is -1.07. The molecule has 1 saturated carbocycles. The average Bonchev–Trinajstić information content (AvgIpc) is 2.80. The molecule has 0 unspecified atom stereocenters. The third-order valence-corrected chi connectivity index (χ3v) is 5.65. The molecule has 0 radical (unpaired) electrons. The zero-order valence-electron chi connectivity index (χ0n) is 10.9. The molecule has 1 fully saturated rings. The molecule has 2 rings (SSSR count). The van der Waals surface area contributed by atoms with Crippen LogP contribution in [0.25, 0.3) is 0 Å². The van der Waals surface area contributed by atoms with Gasteiger partial charge in [0.2, 0.25) is 10.0 Å². The first-order valence-corrected chi connectivity index (χ1v) is 7.71. The number of hydrogen-bond donors (Lipinski definition) is 1. The molecule has 0 atom stereocenters. The van der Waals surface area contributed by atoms with Crippen molar-refractivity contribution in [3.8, 4) is 0 Å². The van der Waals surface area contributed by atoms with Gasteiger partial charge < -0.3 is 5.73 Å². The number of sulfonamides is 1. The summed E-state index contributed by atoms with van der Waals surface area (Å²) in [6.07, 6.45) is 4.10. The number of rotatable bonds is 3. The summed E-state index contributed by atoms with van der Waals surface area (Å²) in [7, 11) is -1.80. The van der Waals surface area contributed by atoms with Crippen LogP contribution in [0.3, 0.4) is 0 Å². The maximum Gasteiger partial charge on any atom is 0.245 e. The highest BCUT2D eigenvalue weighted by molar-refractivity contribution is 7.89. The van der Waals surface area contributed by atoms with Gasteiger partial charge in [-0.05, 0) is 37.5 Å². The predicted octanol–water partition coefficient (Wildman–Crippen LogP) is 2.14. The molecular weight excluding hydrogens is 248 g/mol. The number of nitrogens with two attached hydrogens (primary N) is 1. The zero-order chi connectivity index (χ0) is 13.3. The second kappa shape index (κ2) is 4.90. The van der Waals surface area contributed by atoms with Crippen molar-refractivity contribution in [2.24, 2.45) is 0 Å². The normalized spacial score (nSPS) is 17.5. The van der Waals surface area contributed by atoms with Gasteiger partial charge in [-0.15, -0.1) is 0 Å². The molecule has 1 aromatic rings. The number of aryl methyl sites for hydroxylation is 1. The average molecular weight is 268 g/mol. The number of hydrogen-bond acceptors (Lipinski definition) is 3. The first-order valence-electron chi connectivity index (χ1n) is 6.27. The van der Waals surface area contributed by atoms with Crippen LogP contribution in [0, 0.1) is 6.92 Å². The lowest BCUT2D eigenvalue weighted by Crippen LogP contribution is -2.35. The maximum absolute atomic E-state index is 12.5. The second-order valence-electron chi connectivity index (χ2n) is 5.00. The van der Waals surface area contributed by atoms with Gasteiger partial charge in [0.05, 0.1) is 5.69 Å². The Kier molecular flexibility index (Phi) is 3.64. The van der Waals surface area contributed by atoms with Crippen LogP contribution in [0.15, 0.2) is 23.1 Å². The van der Waals surface area contributed by atoms with Gasteiger partial charge in [-0.3, -0.25) is 0 Å². The first-order chi connectivity index (χ1) is 8.43. The topological polar surface area (TPSA) is 63.4 Å². The summed E-state index contributed by atoms with van der Waals surface area (Å²) in [5.41, 5.74) is 7.14. The van der Waals surface area contributed by atoms with Crippen LogP contribution in [0.5, 0.6) is 0 Å². The van der Waals surface area contributed by atoms with Crippen molar-refractivity contribution in [3.63, 3.8) is 0 Å². The van der Waals surface area contributed by atoms with Gasteiger partial charge in [0.15, 0.2) is 0 Å². The number of nitrogen functional groups attached to an aromatic ring is 1. The van der Waals surface area contributed by atoms with Crippen molar-refractivity contribution in [3.05, 3.63) is 23.8 Å². The minimum Gasteiger partial charge on any atom is -0.398 e. The largest absolute Gasteiger partial charge is 0.398 e. The van der Waals surface area contributed by atoms with E-state index in [0.29, 0.717) is 5.69 Å². The third-order valence-electron chi connectivity index (χ3n) is 3.66. The molecule has 0 bridgehead atoms. The molecule has 18 heavy (non-hydrogen) atoms. The highest BCUT2D eigenvalue weighted by Crippen LogP contribution is 2.29. The van der Waals surface area contributed by atoms with Gasteiger partial charge in [0, 0.05) is 13.1 Å². The van der Waals surface area contributed by atoms with E-state index >= 15 is 0 Å². The predicted molar refractivity (Wildman–Crippen MR) is 72.8 cm³/mol. The van der Waals surface area contributed by atoms with Crippen LogP contribution in [-0.4, -0.2) is 25.8 Å². The third kappa shape index (κ3) is 2.37. The molecule has 100 valence electrons. The van der Waals surface area contributed by atoms with Gasteiger partial charge in [0.1, 0.15) is 4.90 Å². The highest BCUT2D eigenvalue weighted by Gasteiger charge is 2.31. The van der Waals surface area contributed by atoms with E-state index in [1.54, 1.807) is 25.2 Å². The fraction of sp³-hybridized carbons (Fsp3) is 0.538. The molecule has 0 amide bonds. The summed E-state index contributed by atoms with van der Waals surface area (Å²) in [5.74, 6) is 0. The number of nitrogens with zero attached hydrogens (tertiary/aromatic N) is 1. The van der Waals surface area contributed by atoms with E-state index in [9.17, 15) is 8.42 Å². The van der Waals surface area contributed by atoms with Crippen LogP contribution in [0.1, 0.15) is 31.2 Å². The lowest BCUT2D eigenvalue weighted by molar-refractivity contribution is 0.373. The van der Waals surface area contributed by atoms with Gasteiger partial charge in [-0.25, -0.2) is 8.42 Å². The summed E-state index contributed by atoms with van der Waals surface area (Å²) < 4.78 is 26.5. The second-order valence-corrected chi connectivity index (χ2v) is 6.97. The molecule has 1 aromatic carbocycles. The summed E-state index contributed by atoms with van der Waals surface area (Å²) in [6, 6.07) is 5.21. The fourth-order valence-corrected chi connectivity index (χ4v) is 4.03. The quantitative estimate of drug-likeness (QED) is 0.854. The van der Waals surface area contributed by atoms with Crippen LogP contribution in [-0.2, 0) is 10.0 Å². The molecule has 1 aliphatic rings. The molecule has 0 spiro atoms. The van der Waals surface area contributed by atoms with Gasteiger partial charge in [-0.2, -0.15) is 4.31 Å². The Morgan fingerprint density at radius 2 is 1.89 bits per heavy atom. The zero-order valence-corrected chi connectivity index (χ0v) is 11.7. The van der Waals surface area contributed by atoms with Crippen LogP contribution in [0.4, 0.5) is 5.69 Å². The Morgan fingerprint density at radius 1 is 1.28 bits per heavy atom. The van der Waals surface area contributed by atoms with Gasteiger partial charge >= 0.3 is 0 Å². The van der Waals surface area contributed by atoms with E-state index in [0.717, 1.165) is 31.2 Å². The Bertz CT molecular complexity index is 534. The van der Waals surface area contributed by atoms with E-state index < -0.39 is 10.0 Å². The van der Waals surface area contributed by atoms with E-state index in [1.807, 2.05) is 6.92 Å². The van der Waals surface area contributed by atoms with Crippen molar-refractivity contribution in [1.82, 2.24) is 4.31 Å². The summed E-state index contributed by atoms with van der Waals surface area (Å²) >= 11 is 0. The van der Waals surface area contributed by atoms with Crippen molar-refractivity contribution in [1.29, 1.82) is 0 Å². The Balaban J connectivity index is 2.35. The maximum atomic E-state index is 12.5. The minimum absolute atomic E-state index is 0.121. The molecule has 5 heteroatoms. The number of anilines is 1. The van der Waals surface area contributed by atoms with E-state index in [1.165, 1.54) is 4.31 Å². The lowest BCUT2D eigenvalue weighted by Gasteiger charge is -2.24. The smallest absolute Gasteiger partial charge is 0.245 e. The molecule has 0 aliphatic heterocycles.